The SMILES string of the molecule is CCc1ccc(-c2onc(N)c2-c2ccccc2Br)s1. The molecule has 2 heterocycles. The Balaban J connectivity index is 2.17. The van der Waals surface area contributed by atoms with Crippen LogP contribution < -0.4 is 5.73 Å². The van der Waals surface area contributed by atoms with E-state index >= 15 is 0 Å². The van der Waals surface area contributed by atoms with E-state index in [2.05, 4.69) is 40.1 Å². The molecular formula is C15H13BrN2OS. The third-order valence-electron chi connectivity index (χ3n) is 3.10. The Morgan fingerprint density at radius 1 is 1.25 bits per heavy atom. The second-order valence-corrected chi connectivity index (χ2v) is 6.39. The summed E-state index contributed by atoms with van der Waals surface area (Å²) in [5.41, 5.74) is 7.84. The molecule has 0 unspecified atom stereocenters. The Kier molecular flexibility index (Phi) is 3.63. The Morgan fingerprint density at radius 2 is 2.05 bits per heavy atom. The molecule has 3 nitrogen and oxygen atoms in total. The number of rotatable bonds is 3. The average molecular weight is 349 g/mol. The number of nitrogens with two attached hydrogens (primary N) is 1. The van der Waals surface area contributed by atoms with Crippen molar-refractivity contribution in [2.75, 3.05) is 5.73 Å². The van der Waals surface area contributed by atoms with E-state index in [4.69, 9.17) is 10.3 Å². The van der Waals surface area contributed by atoms with Gasteiger partial charge in [-0.05, 0) is 24.6 Å². The quantitative estimate of drug-likeness (QED) is 0.726. The van der Waals surface area contributed by atoms with Crippen molar-refractivity contribution in [1.82, 2.24) is 5.16 Å². The van der Waals surface area contributed by atoms with Crippen molar-refractivity contribution in [2.45, 2.75) is 13.3 Å². The fourth-order valence-corrected chi connectivity index (χ4v) is 3.50. The van der Waals surface area contributed by atoms with Crippen molar-refractivity contribution in [2.24, 2.45) is 0 Å². The molecule has 0 amide bonds. The van der Waals surface area contributed by atoms with E-state index in [9.17, 15) is 0 Å². The van der Waals surface area contributed by atoms with Crippen molar-refractivity contribution in [3.63, 3.8) is 0 Å². The van der Waals surface area contributed by atoms with Gasteiger partial charge in [-0.1, -0.05) is 46.2 Å². The fraction of sp³-hybridized carbons (Fsp3) is 0.133. The lowest BCUT2D eigenvalue weighted by molar-refractivity contribution is 0.437. The highest BCUT2D eigenvalue weighted by Crippen LogP contribution is 2.41. The number of aromatic nitrogens is 1. The lowest BCUT2D eigenvalue weighted by Gasteiger charge is -2.03. The first-order chi connectivity index (χ1) is 9.70. The predicted molar refractivity (Wildman–Crippen MR) is 86.7 cm³/mol. The van der Waals surface area contributed by atoms with Crippen LogP contribution in [0.3, 0.4) is 0 Å². The first-order valence-electron chi connectivity index (χ1n) is 6.29. The van der Waals surface area contributed by atoms with E-state index in [0.717, 1.165) is 32.7 Å². The molecule has 0 atom stereocenters. The van der Waals surface area contributed by atoms with Crippen molar-refractivity contribution in [1.29, 1.82) is 0 Å². The molecule has 0 aliphatic rings. The summed E-state index contributed by atoms with van der Waals surface area (Å²) in [5.74, 6) is 1.15. The van der Waals surface area contributed by atoms with Gasteiger partial charge in [0.1, 0.15) is 0 Å². The summed E-state index contributed by atoms with van der Waals surface area (Å²) in [5, 5.41) is 3.93. The molecular weight excluding hydrogens is 336 g/mol. The van der Waals surface area contributed by atoms with Gasteiger partial charge in [0.05, 0.1) is 10.4 Å². The van der Waals surface area contributed by atoms with Crippen LogP contribution in [0.15, 0.2) is 45.4 Å². The molecule has 5 heteroatoms. The molecule has 2 N–H and O–H groups in total. The van der Waals surface area contributed by atoms with Crippen LogP contribution in [0.5, 0.6) is 0 Å². The highest BCUT2D eigenvalue weighted by Gasteiger charge is 2.20. The van der Waals surface area contributed by atoms with Crippen LogP contribution in [0.1, 0.15) is 11.8 Å². The van der Waals surface area contributed by atoms with E-state index in [1.54, 1.807) is 11.3 Å². The van der Waals surface area contributed by atoms with E-state index in [1.165, 1.54) is 4.88 Å². The third-order valence-corrected chi connectivity index (χ3v) is 5.02. The second kappa shape index (κ2) is 5.42. The number of benzene rings is 1. The number of aryl methyl sites for hydroxylation is 1. The van der Waals surface area contributed by atoms with Crippen LogP contribution in [-0.4, -0.2) is 5.16 Å². The zero-order valence-electron chi connectivity index (χ0n) is 10.9. The predicted octanol–water partition coefficient (Wildman–Crippen LogP) is 4.98. The number of hydrogen-bond acceptors (Lipinski definition) is 4. The van der Waals surface area contributed by atoms with E-state index < -0.39 is 0 Å². The molecule has 20 heavy (non-hydrogen) atoms. The Labute approximate surface area is 129 Å². The molecule has 0 aliphatic heterocycles. The Hall–Kier alpha value is -1.59. The minimum absolute atomic E-state index is 0.415. The molecule has 2 aromatic heterocycles. The zero-order chi connectivity index (χ0) is 14.1. The van der Waals surface area contributed by atoms with Crippen LogP contribution in [-0.2, 0) is 6.42 Å². The maximum absolute atomic E-state index is 6.00. The van der Waals surface area contributed by atoms with Crippen molar-refractivity contribution < 1.29 is 4.52 Å². The van der Waals surface area contributed by atoms with Crippen molar-refractivity contribution in [3.8, 4) is 21.8 Å². The van der Waals surface area contributed by atoms with Crippen LogP contribution in [0.4, 0.5) is 5.82 Å². The highest BCUT2D eigenvalue weighted by molar-refractivity contribution is 9.10. The first-order valence-corrected chi connectivity index (χ1v) is 7.90. The summed E-state index contributed by atoms with van der Waals surface area (Å²) in [6.07, 6.45) is 1.01. The molecule has 0 saturated heterocycles. The van der Waals surface area contributed by atoms with Gasteiger partial charge in [0, 0.05) is 14.9 Å². The number of halogens is 1. The van der Waals surface area contributed by atoms with Gasteiger partial charge < -0.3 is 10.3 Å². The molecule has 0 radical (unpaired) electrons. The molecule has 1 aromatic carbocycles. The molecule has 0 spiro atoms. The summed E-state index contributed by atoms with van der Waals surface area (Å²) >= 11 is 5.27. The molecule has 0 aliphatic carbocycles. The maximum Gasteiger partial charge on any atom is 0.186 e. The monoisotopic (exact) mass is 348 g/mol. The molecule has 0 bridgehead atoms. The minimum Gasteiger partial charge on any atom is -0.380 e. The van der Waals surface area contributed by atoms with Crippen LogP contribution in [0.25, 0.3) is 21.8 Å². The van der Waals surface area contributed by atoms with Crippen LogP contribution in [0, 0.1) is 0 Å². The van der Waals surface area contributed by atoms with E-state index in [0.29, 0.717) is 5.82 Å². The summed E-state index contributed by atoms with van der Waals surface area (Å²) < 4.78 is 6.44. The number of anilines is 1. The van der Waals surface area contributed by atoms with Crippen molar-refractivity contribution in [3.05, 3.63) is 45.7 Å². The molecule has 3 aromatic rings. The minimum atomic E-state index is 0.415. The maximum atomic E-state index is 6.00. The summed E-state index contributed by atoms with van der Waals surface area (Å²) in [6.45, 7) is 2.14. The van der Waals surface area contributed by atoms with Gasteiger partial charge in [0.15, 0.2) is 11.6 Å². The number of hydrogen-bond donors (Lipinski definition) is 1. The zero-order valence-corrected chi connectivity index (χ0v) is 13.3. The normalized spacial score (nSPS) is 10.9. The highest BCUT2D eigenvalue weighted by atomic mass is 79.9. The van der Waals surface area contributed by atoms with Gasteiger partial charge in [0.2, 0.25) is 0 Å². The van der Waals surface area contributed by atoms with Gasteiger partial charge in [-0.25, -0.2) is 0 Å². The molecule has 3 rings (SSSR count). The smallest absolute Gasteiger partial charge is 0.186 e. The lowest BCUT2D eigenvalue weighted by atomic mass is 10.1. The Morgan fingerprint density at radius 3 is 2.75 bits per heavy atom. The van der Waals surface area contributed by atoms with E-state index in [1.807, 2.05) is 24.3 Å². The van der Waals surface area contributed by atoms with Gasteiger partial charge in [0.25, 0.3) is 0 Å². The number of nitrogen functional groups attached to an aromatic ring is 1. The lowest BCUT2D eigenvalue weighted by Crippen LogP contribution is -1.89. The van der Waals surface area contributed by atoms with Gasteiger partial charge >= 0.3 is 0 Å². The Bertz CT molecular complexity index is 748. The summed E-state index contributed by atoms with van der Waals surface area (Å²) in [4.78, 5) is 2.37. The largest absolute Gasteiger partial charge is 0.380 e. The van der Waals surface area contributed by atoms with E-state index in [-0.39, 0.29) is 0 Å². The molecule has 0 saturated carbocycles. The van der Waals surface area contributed by atoms with Crippen molar-refractivity contribution >= 4 is 33.1 Å². The topological polar surface area (TPSA) is 52.0 Å². The van der Waals surface area contributed by atoms with Gasteiger partial charge in [-0.2, -0.15) is 0 Å². The third kappa shape index (κ3) is 2.27. The van der Waals surface area contributed by atoms with Gasteiger partial charge in [-0.15, -0.1) is 11.3 Å². The first kappa shape index (κ1) is 13.4. The second-order valence-electron chi connectivity index (χ2n) is 4.37. The summed E-state index contributed by atoms with van der Waals surface area (Å²) in [7, 11) is 0. The standard InChI is InChI=1S/C15H13BrN2OS/c1-2-9-7-8-12(20-9)14-13(15(17)18-19-14)10-5-3-4-6-11(10)16/h3-8H,2H2,1H3,(H2,17,18). The summed E-state index contributed by atoms with van der Waals surface area (Å²) in [6, 6.07) is 12.1. The average Bonchev–Trinajstić information content (AvgIpc) is 3.06. The fourth-order valence-electron chi connectivity index (χ4n) is 2.08. The molecule has 102 valence electrons. The molecule has 0 fully saturated rings. The van der Waals surface area contributed by atoms with Crippen LogP contribution in [0.2, 0.25) is 0 Å². The number of nitrogens with zero attached hydrogens (tertiary/aromatic N) is 1. The van der Waals surface area contributed by atoms with Crippen LogP contribution >= 0.6 is 27.3 Å². The number of thiophene rings is 1. The van der Waals surface area contributed by atoms with Gasteiger partial charge in [-0.3, -0.25) is 0 Å².